The number of halogens is 4. The standard InChI is InChI=1S/C35H42F3N5O2.ClH/c1-4-42(21-24-9-11-27(12-10-24)34(44)45-3)32-19-29-8-6-5-7-28(29)18-30(32)23-43(33-13-14-41(2)40-33)22-26-15-25(20-39)16-31(17-26)35(36,37)38;/h13-19,24,27H,4-12,21-23H2,1-3H3;1H/t24-,27-;. The van der Waals surface area contributed by atoms with Crippen molar-refractivity contribution < 1.29 is 22.7 Å². The van der Waals surface area contributed by atoms with E-state index >= 15 is 0 Å². The summed E-state index contributed by atoms with van der Waals surface area (Å²) in [6.07, 6.45) is 5.21. The number of anilines is 2. The summed E-state index contributed by atoms with van der Waals surface area (Å²) >= 11 is 0. The summed E-state index contributed by atoms with van der Waals surface area (Å²) in [5.41, 5.74) is 4.52. The van der Waals surface area contributed by atoms with Crippen LogP contribution in [0.25, 0.3) is 0 Å². The number of alkyl halides is 3. The van der Waals surface area contributed by atoms with E-state index in [2.05, 4.69) is 29.1 Å². The van der Waals surface area contributed by atoms with Crippen LogP contribution in [-0.2, 0) is 48.7 Å². The van der Waals surface area contributed by atoms with E-state index in [4.69, 9.17) is 4.74 Å². The summed E-state index contributed by atoms with van der Waals surface area (Å²) in [6.45, 7) is 4.45. The number of carbonyl (C=O) groups excluding carboxylic acids is 1. The van der Waals surface area contributed by atoms with Crippen LogP contribution in [0.4, 0.5) is 24.7 Å². The van der Waals surface area contributed by atoms with Gasteiger partial charge in [0.1, 0.15) is 0 Å². The summed E-state index contributed by atoms with van der Waals surface area (Å²) in [7, 11) is 3.27. The smallest absolute Gasteiger partial charge is 0.416 e. The van der Waals surface area contributed by atoms with Crippen molar-refractivity contribution in [2.75, 3.05) is 30.0 Å². The van der Waals surface area contributed by atoms with Crippen molar-refractivity contribution in [3.8, 4) is 6.07 Å². The second-order valence-electron chi connectivity index (χ2n) is 12.5. The van der Waals surface area contributed by atoms with Crippen molar-refractivity contribution in [3.05, 3.63) is 76.0 Å². The van der Waals surface area contributed by atoms with Gasteiger partial charge in [0.15, 0.2) is 5.82 Å². The maximum atomic E-state index is 13.7. The van der Waals surface area contributed by atoms with Crippen LogP contribution in [0.3, 0.4) is 0 Å². The van der Waals surface area contributed by atoms with Gasteiger partial charge in [-0.15, -0.1) is 12.4 Å². The van der Waals surface area contributed by atoms with Gasteiger partial charge in [-0.25, -0.2) is 0 Å². The fourth-order valence-electron chi connectivity index (χ4n) is 6.93. The summed E-state index contributed by atoms with van der Waals surface area (Å²) in [6, 6.07) is 12.0. The lowest BCUT2D eigenvalue weighted by Gasteiger charge is -2.35. The Balaban J connectivity index is 0.00000480. The number of aryl methyl sites for hydroxylation is 3. The molecule has 1 saturated carbocycles. The molecule has 0 N–H and O–H groups in total. The quantitative estimate of drug-likeness (QED) is 0.209. The average molecular weight is 658 g/mol. The monoisotopic (exact) mass is 657 g/mol. The average Bonchev–Trinajstić information content (AvgIpc) is 3.48. The van der Waals surface area contributed by atoms with Crippen molar-refractivity contribution in [3.63, 3.8) is 0 Å². The van der Waals surface area contributed by atoms with Gasteiger partial charge in [-0.2, -0.15) is 23.5 Å². The van der Waals surface area contributed by atoms with Gasteiger partial charge in [-0.3, -0.25) is 9.48 Å². The molecule has 2 aromatic carbocycles. The topological polar surface area (TPSA) is 74.4 Å². The largest absolute Gasteiger partial charge is 0.469 e. The zero-order valence-electron chi connectivity index (χ0n) is 26.8. The number of aromatic nitrogens is 2. The molecule has 0 bridgehead atoms. The highest BCUT2D eigenvalue weighted by Gasteiger charge is 2.32. The second-order valence-corrected chi connectivity index (χ2v) is 12.5. The third kappa shape index (κ3) is 8.35. The number of nitrogens with zero attached hydrogens (tertiary/aromatic N) is 5. The Bertz CT molecular complexity index is 1540. The van der Waals surface area contributed by atoms with Gasteiger partial charge < -0.3 is 14.5 Å². The minimum absolute atomic E-state index is 0. The molecule has 2 aliphatic carbocycles. The molecule has 11 heteroatoms. The van der Waals surface area contributed by atoms with Crippen LogP contribution in [0.1, 0.15) is 78.8 Å². The number of ether oxygens (including phenoxy) is 1. The normalized spacial score (nSPS) is 17.8. The molecule has 0 saturated heterocycles. The molecule has 5 rings (SSSR count). The summed E-state index contributed by atoms with van der Waals surface area (Å²) in [5.74, 6) is 0.970. The van der Waals surface area contributed by atoms with Crippen LogP contribution in [0, 0.1) is 23.2 Å². The highest BCUT2D eigenvalue weighted by molar-refractivity contribution is 5.85. The number of fused-ring (bicyclic) bond motifs is 1. The second kappa shape index (κ2) is 15.3. The van der Waals surface area contributed by atoms with Gasteiger partial charge in [0.2, 0.25) is 0 Å². The molecule has 1 heterocycles. The Morgan fingerprint density at radius 2 is 1.74 bits per heavy atom. The first-order valence-electron chi connectivity index (χ1n) is 15.9. The maximum absolute atomic E-state index is 13.7. The fraction of sp³-hybridized carbons (Fsp3) is 0.514. The van der Waals surface area contributed by atoms with E-state index in [9.17, 15) is 23.2 Å². The molecule has 1 fully saturated rings. The van der Waals surface area contributed by atoms with Crippen molar-refractivity contribution >= 4 is 29.9 Å². The van der Waals surface area contributed by atoms with Crippen LogP contribution in [-0.4, -0.2) is 35.9 Å². The van der Waals surface area contributed by atoms with Gasteiger partial charge in [0.05, 0.1) is 30.2 Å². The molecule has 1 aromatic heterocycles. The van der Waals surface area contributed by atoms with Crippen molar-refractivity contribution in [1.29, 1.82) is 5.26 Å². The van der Waals surface area contributed by atoms with Crippen LogP contribution in [0.5, 0.6) is 0 Å². The van der Waals surface area contributed by atoms with Gasteiger partial charge in [-0.1, -0.05) is 6.07 Å². The SMILES string of the molecule is CCN(C[C@H]1CC[C@H](C(=O)OC)CC1)c1cc2c(cc1CN(Cc1cc(C#N)cc(C(F)(F)F)c1)c1ccn(C)n1)CCCC2.Cl. The Morgan fingerprint density at radius 1 is 1.04 bits per heavy atom. The molecule has 2 aliphatic rings. The van der Waals surface area contributed by atoms with E-state index in [1.54, 1.807) is 4.68 Å². The van der Waals surface area contributed by atoms with Crippen LogP contribution in [0.2, 0.25) is 0 Å². The number of hydrogen-bond acceptors (Lipinski definition) is 6. The predicted molar refractivity (Wildman–Crippen MR) is 175 cm³/mol. The van der Waals surface area contributed by atoms with Crippen molar-refractivity contribution in [2.45, 2.75) is 77.6 Å². The number of hydrogen-bond donors (Lipinski definition) is 0. The number of esters is 1. The first-order valence-corrected chi connectivity index (χ1v) is 15.9. The third-order valence-electron chi connectivity index (χ3n) is 9.33. The first kappa shape index (κ1) is 35.1. The molecule has 0 spiro atoms. The van der Waals surface area contributed by atoms with Crippen LogP contribution in [0.15, 0.2) is 42.6 Å². The maximum Gasteiger partial charge on any atom is 0.416 e. The van der Waals surface area contributed by atoms with E-state index in [1.807, 2.05) is 30.3 Å². The summed E-state index contributed by atoms with van der Waals surface area (Å²) in [4.78, 5) is 16.5. The molecular weight excluding hydrogens is 615 g/mol. The van der Waals surface area contributed by atoms with Crippen molar-refractivity contribution in [1.82, 2.24) is 9.78 Å². The Hall–Kier alpha value is -3.71. The van der Waals surface area contributed by atoms with Gasteiger partial charge in [-0.05, 0) is 111 Å². The predicted octanol–water partition coefficient (Wildman–Crippen LogP) is 7.62. The van der Waals surface area contributed by atoms with Gasteiger partial charge >= 0.3 is 12.1 Å². The molecule has 0 unspecified atom stereocenters. The highest BCUT2D eigenvalue weighted by Crippen LogP contribution is 2.36. The van der Waals surface area contributed by atoms with E-state index in [-0.39, 0.29) is 36.4 Å². The van der Waals surface area contributed by atoms with E-state index in [1.165, 1.54) is 24.3 Å². The molecule has 248 valence electrons. The minimum atomic E-state index is -4.55. The molecular formula is C35H43ClF3N5O2. The van der Waals surface area contributed by atoms with Crippen molar-refractivity contribution in [2.24, 2.45) is 18.9 Å². The zero-order chi connectivity index (χ0) is 32.1. The lowest BCUT2D eigenvalue weighted by Crippen LogP contribution is -2.34. The minimum Gasteiger partial charge on any atom is -0.469 e. The number of carbonyl (C=O) groups is 1. The Labute approximate surface area is 275 Å². The molecule has 0 aliphatic heterocycles. The van der Waals surface area contributed by atoms with Gasteiger partial charge in [0.25, 0.3) is 0 Å². The molecule has 3 aromatic rings. The van der Waals surface area contributed by atoms with E-state index in [0.29, 0.717) is 23.8 Å². The van der Waals surface area contributed by atoms with Crippen LogP contribution >= 0.6 is 12.4 Å². The van der Waals surface area contributed by atoms with Gasteiger partial charge in [0, 0.05) is 51.2 Å². The highest BCUT2D eigenvalue weighted by atomic mass is 35.5. The lowest BCUT2D eigenvalue weighted by atomic mass is 9.81. The Kier molecular flexibility index (Phi) is 11.7. The number of rotatable bonds is 10. The molecule has 0 atom stereocenters. The summed E-state index contributed by atoms with van der Waals surface area (Å²) in [5, 5.41) is 14.1. The zero-order valence-corrected chi connectivity index (χ0v) is 27.6. The molecule has 0 radical (unpaired) electrons. The number of benzene rings is 2. The Morgan fingerprint density at radius 3 is 2.33 bits per heavy atom. The third-order valence-corrected chi connectivity index (χ3v) is 9.33. The fourth-order valence-corrected chi connectivity index (χ4v) is 6.93. The van der Waals surface area contributed by atoms with Crippen LogP contribution < -0.4 is 9.80 Å². The summed E-state index contributed by atoms with van der Waals surface area (Å²) < 4.78 is 47.9. The number of methoxy groups -OCH3 is 1. The molecule has 46 heavy (non-hydrogen) atoms. The first-order chi connectivity index (χ1) is 21.6. The van der Waals surface area contributed by atoms with E-state index < -0.39 is 11.7 Å². The number of nitriles is 1. The molecule has 0 amide bonds. The lowest BCUT2D eigenvalue weighted by molar-refractivity contribution is -0.146. The molecule has 7 nitrogen and oxygen atoms in total. The van der Waals surface area contributed by atoms with E-state index in [0.717, 1.165) is 87.8 Å².